The summed E-state index contributed by atoms with van der Waals surface area (Å²) in [4.78, 5) is 6.72. The molecule has 0 unspecified atom stereocenters. The van der Waals surface area contributed by atoms with E-state index in [0.717, 1.165) is 17.8 Å². The van der Waals surface area contributed by atoms with Crippen LogP contribution in [0.25, 0.3) is 0 Å². The fraction of sp³-hybridized carbons (Fsp3) is 0.500. The number of nitrogens with zero attached hydrogens (tertiary/aromatic N) is 2. The SMILES string of the molecule is COCCN(c1cnccc1C(N)=S)C(C)C. The van der Waals surface area contributed by atoms with Gasteiger partial charge in [0.2, 0.25) is 0 Å². The van der Waals surface area contributed by atoms with Crippen LogP contribution >= 0.6 is 12.2 Å². The smallest absolute Gasteiger partial charge is 0.106 e. The molecular formula is C12H19N3OS. The Morgan fingerprint density at radius 3 is 2.82 bits per heavy atom. The lowest BCUT2D eigenvalue weighted by Gasteiger charge is -2.30. The van der Waals surface area contributed by atoms with Crippen molar-refractivity contribution in [3.8, 4) is 0 Å². The second kappa shape index (κ2) is 6.51. The summed E-state index contributed by atoms with van der Waals surface area (Å²) in [5, 5.41) is 0. The summed E-state index contributed by atoms with van der Waals surface area (Å²) in [5.74, 6) is 0. The van der Waals surface area contributed by atoms with Gasteiger partial charge >= 0.3 is 0 Å². The van der Waals surface area contributed by atoms with E-state index in [0.29, 0.717) is 17.6 Å². The zero-order valence-electron chi connectivity index (χ0n) is 10.5. The van der Waals surface area contributed by atoms with Crippen LogP contribution in [0.3, 0.4) is 0 Å². The van der Waals surface area contributed by atoms with Gasteiger partial charge in [0, 0.05) is 31.5 Å². The average molecular weight is 253 g/mol. The van der Waals surface area contributed by atoms with Crippen LogP contribution in [0.2, 0.25) is 0 Å². The molecule has 1 heterocycles. The van der Waals surface area contributed by atoms with Crippen molar-refractivity contribution in [1.29, 1.82) is 0 Å². The Morgan fingerprint density at radius 2 is 2.29 bits per heavy atom. The van der Waals surface area contributed by atoms with E-state index in [9.17, 15) is 0 Å². The molecule has 0 radical (unpaired) electrons. The number of ether oxygens (including phenoxy) is 1. The number of anilines is 1. The first kappa shape index (κ1) is 13.9. The van der Waals surface area contributed by atoms with E-state index >= 15 is 0 Å². The third-order valence-corrected chi connectivity index (χ3v) is 2.75. The van der Waals surface area contributed by atoms with Crippen molar-refractivity contribution in [2.45, 2.75) is 19.9 Å². The molecule has 4 nitrogen and oxygen atoms in total. The second-order valence-electron chi connectivity index (χ2n) is 4.04. The molecule has 94 valence electrons. The van der Waals surface area contributed by atoms with Crippen molar-refractivity contribution in [3.63, 3.8) is 0 Å². The minimum Gasteiger partial charge on any atom is -0.389 e. The molecule has 0 fully saturated rings. The lowest BCUT2D eigenvalue weighted by atomic mass is 10.1. The molecule has 0 aliphatic heterocycles. The number of methoxy groups -OCH3 is 1. The van der Waals surface area contributed by atoms with Crippen molar-refractivity contribution in [2.75, 3.05) is 25.2 Å². The van der Waals surface area contributed by atoms with Crippen molar-refractivity contribution >= 4 is 22.9 Å². The highest BCUT2D eigenvalue weighted by molar-refractivity contribution is 7.80. The highest BCUT2D eigenvalue weighted by Crippen LogP contribution is 2.21. The largest absolute Gasteiger partial charge is 0.389 e. The molecule has 0 amide bonds. The van der Waals surface area contributed by atoms with Crippen LogP contribution in [0.15, 0.2) is 18.5 Å². The van der Waals surface area contributed by atoms with E-state index < -0.39 is 0 Å². The van der Waals surface area contributed by atoms with Gasteiger partial charge in [-0.2, -0.15) is 0 Å². The lowest BCUT2D eigenvalue weighted by Crippen LogP contribution is -2.35. The molecule has 17 heavy (non-hydrogen) atoms. The zero-order valence-corrected chi connectivity index (χ0v) is 11.3. The van der Waals surface area contributed by atoms with Crippen LogP contribution in [0.4, 0.5) is 5.69 Å². The molecule has 2 N–H and O–H groups in total. The summed E-state index contributed by atoms with van der Waals surface area (Å²) in [5.41, 5.74) is 7.55. The topological polar surface area (TPSA) is 51.4 Å². The predicted octanol–water partition coefficient (Wildman–Crippen LogP) is 1.58. The van der Waals surface area contributed by atoms with Crippen molar-refractivity contribution in [2.24, 2.45) is 5.73 Å². The molecule has 0 atom stereocenters. The minimum absolute atomic E-state index is 0.336. The molecule has 0 bridgehead atoms. The van der Waals surface area contributed by atoms with Gasteiger partial charge in [-0.05, 0) is 19.9 Å². The lowest BCUT2D eigenvalue weighted by molar-refractivity contribution is 0.204. The Kier molecular flexibility index (Phi) is 5.31. The van der Waals surface area contributed by atoms with Crippen LogP contribution in [-0.2, 0) is 4.74 Å². The van der Waals surface area contributed by atoms with Crippen molar-refractivity contribution < 1.29 is 4.74 Å². The summed E-state index contributed by atoms with van der Waals surface area (Å²) in [6.45, 7) is 5.68. The molecule has 0 aliphatic rings. The van der Waals surface area contributed by atoms with Gasteiger partial charge in [0.15, 0.2) is 0 Å². The highest BCUT2D eigenvalue weighted by atomic mass is 32.1. The fourth-order valence-electron chi connectivity index (χ4n) is 1.67. The average Bonchev–Trinajstić information content (AvgIpc) is 2.29. The van der Waals surface area contributed by atoms with E-state index in [1.807, 2.05) is 6.07 Å². The van der Waals surface area contributed by atoms with Crippen molar-refractivity contribution in [3.05, 3.63) is 24.0 Å². The van der Waals surface area contributed by atoms with E-state index in [1.54, 1.807) is 19.5 Å². The second-order valence-corrected chi connectivity index (χ2v) is 4.48. The van der Waals surface area contributed by atoms with Crippen LogP contribution in [0, 0.1) is 0 Å². The van der Waals surface area contributed by atoms with Crippen LogP contribution < -0.4 is 10.6 Å². The summed E-state index contributed by atoms with van der Waals surface area (Å²) >= 11 is 5.06. The number of aromatic nitrogens is 1. The third kappa shape index (κ3) is 3.64. The van der Waals surface area contributed by atoms with Gasteiger partial charge in [0.05, 0.1) is 18.5 Å². The Balaban J connectivity index is 3.04. The maximum absolute atomic E-state index is 5.73. The molecule has 0 aliphatic carbocycles. The predicted molar refractivity (Wildman–Crippen MR) is 74.5 cm³/mol. The summed E-state index contributed by atoms with van der Waals surface area (Å²) in [6, 6.07) is 2.18. The number of rotatable bonds is 6. The first-order chi connectivity index (χ1) is 8.07. The quantitative estimate of drug-likeness (QED) is 0.780. The first-order valence-electron chi connectivity index (χ1n) is 5.57. The van der Waals surface area contributed by atoms with Crippen molar-refractivity contribution in [1.82, 2.24) is 4.98 Å². The molecular weight excluding hydrogens is 234 g/mol. The Hall–Kier alpha value is -1.20. The van der Waals surface area contributed by atoms with Gasteiger partial charge in [0.1, 0.15) is 4.99 Å². The molecule has 1 aromatic rings. The van der Waals surface area contributed by atoms with Gasteiger partial charge < -0.3 is 15.4 Å². The first-order valence-corrected chi connectivity index (χ1v) is 5.98. The number of nitrogens with two attached hydrogens (primary N) is 1. The van der Waals surface area contributed by atoms with Gasteiger partial charge in [-0.25, -0.2) is 0 Å². The number of hydrogen-bond donors (Lipinski definition) is 1. The number of thiocarbonyl (C=S) groups is 1. The molecule has 0 saturated heterocycles. The normalized spacial score (nSPS) is 10.6. The van der Waals surface area contributed by atoms with Gasteiger partial charge in [0.25, 0.3) is 0 Å². The van der Waals surface area contributed by atoms with Crippen LogP contribution in [-0.4, -0.2) is 36.3 Å². The van der Waals surface area contributed by atoms with Crippen LogP contribution in [0.1, 0.15) is 19.4 Å². The molecule has 1 aromatic heterocycles. The maximum Gasteiger partial charge on any atom is 0.106 e. The number of hydrogen-bond acceptors (Lipinski definition) is 4. The number of pyridine rings is 1. The summed E-state index contributed by atoms with van der Waals surface area (Å²) in [7, 11) is 1.69. The van der Waals surface area contributed by atoms with E-state index in [1.165, 1.54) is 0 Å². The molecule has 0 spiro atoms. The standard InChI is InChI=1S/C12H19N3OS/c1-9(2)15(6-7-16-3)11-8-14-5-4-10(11)12(13)17/h4-5,8-9H,6-7H2,1-3H3,(H2,13,17). The van der Waals surface area contributed by atoms with Gasteiger partial charge in [-0.3, -0.25) is 4.98 Å². The van der Waals surface area contributed by atoms with E-state index in [2.05, 4.69) is 23.7 Å². The summed E-state index contributed by atoms with van der Waals surface area (Å²) < 4.78 is 5.12. The Morgan fingerprint density at radius 1 is 1.59 bits per heavy atom. The summed E-state index contributed by atoms with van der Waals surface area (Å²) in [6.07, 6.45) is 3.50. The molecule has 5 heteroatoms. The monoisotopic (exact) mass is 253 g/mol. The van der Waals surface area contributed by atoms with Gasteiger partial charge in [-0.1, -0.05) is 12.2 Å². The van der Waals surface area contributed by atoms with E-state index in [4.69, 9.17) is 22.7 Å². The fourth-order valence-corrected chi connectivity index (χ4v) is 1.84. The molecule has 0 aromatic carbocycles. The molecule has 0 saturated carbocycles. The van der Waals surface area contributed by atoms with Crippen LogP contribution in [0.5, 0.6) is 0 Å². The minimum atomic E-state index is 0.336. The van der Waals surface area contributed by atoms with Gasteiger partial charge in [-0.15, -0.1) is 0 Å². The zero-order chi connectivity index (χ0) is 12.8. The third-order valence-electron chi connectivity index (χ3n) is 2.53. The van der Waals surface area contributed by atoms with E-state index in [-0.39, 0.29) is 0 Å². The maximum atomic E-state index is 5.73. The Labute approximate surface area is 108 Å². The Bertz CT molecular complexity index is 382. The highest BCUT2D eigenvalue weighted by Gasteiger charge is 2.15. The molecule has 1 rings (SSSR count).